The molecule has 17 bridgehead atoms. The van der Waals surface area contributed by atoms with E-state index in [4.69, 9.17) is 51.6 Å². The van der Waals surface area contributed by atoms with Crippen LogP contribution < -0.4 is 51.4 Å². The molecule has 31 nitrogen and oxygen atoms in total. The van der Waals surface area contributed by atoms with E-state index in [2.05, 4.69) is 44.1 Å². The first-order valence-electron chi connectivity index (χ1n) is 36.6. The van der Waals surface area contributed by atoms with Gasteiger partial charge in [0.05, 0.1) is 22.2 Å². The number of nitrogens with zero attached hydrogens (tertiary/aromatic N) is 2. The van der Waals surface area contributed by atoms with Crippen molar-refractivity contribution in [3.05, 3.63) is 164 Å². The number of amides is 8. The van der Waals surface area contributed by atoms with Gasteiger partial charge in [0.15, 0.2) is 35.6 Å². The van der Waals surface area contributed by atoms with Crippen molar-refractivity contribution < 1.29 is 107 Å². The number of aliphatic hydroxyl groups excluding tert-OH is 1. The Morgan fingerprint density at radius 1 is 0.561 bits per heavy atom. The predicted octanol–water partition coefficient (Wildman–Crippen LogP) is 11.4. The average molecular weight is 1610 g/mol. The lowest BCUT2D eigenvalue weighted by Crippen LogP contribution is -2.55. The number of halogens is 2. The molecule has 0 aromatic heterocycles. The zero-order valence-electron chi connectivity index (χ0n) is 62.9. The summed E-state index contributed by atoms with van der Waals surface area (Å²) >= 11 is 14.0. The van der Waals surface area contributed by atoms with Crippen LogP contribution in [0.3, 0.4) is 0 Å². The molecule has 0 radical (unpaired) electrons. The Kier molecular flexibility index (Phi) is 25.1. The van der Waals surface area contributed by atoms with Gasteiger partial charge in [-0.2, -0.15) is 5.26 Å². The van der Waals surface area contributed by atoms with E-state index in [0.29, 0.717) is 12.8 Å². The Morgan fingerprint density at radius 2 is 1.14 bits per heavy atom. The lowest BCUT2D eigenvalue weighted by atomic mass is 9.87. The fourth-order valence-electron chi connectivity index (χ4n) is 13.4. The van der Waals surface area contributed by atoms with Crippen LogP contribution in [-0.4, -0.2) is 131 Å². The Morgan fingerprint density at radius 3 is 1.78 bits per heavy atom. The summed E-state index contributed by atoms with van der Waals surface area (Å²) in [5.74, 6) is -16.0. The van der Waals surface area contributed by atoms with Crippen molar-refractivity contribution in [3.63, 3.8) is 0 Å². The lowest BCUT2D eigenvalue weighted by Gasteiger charge is -2.32. The van der Waals surface area contributed by atoms with Crippen LogP contribution in [0.2, 0.25) is 10.0 Å². The minimum atomic E-state index is -2.30. The number of carbonyl (C=O) groups is 9. The second-order valence-electron chi connectivity index (χ2n) is 29.8. The number of phenols is 6. The van der Waals surface area contributed by atoms with Crippen LogP contribution in [0.1, 0.15) is 181 Å². The van der Waals surface area contributed by atoms with Crippen LogP contribution >= 0.6 is 23.2 Å². The van der Waals surface area contributed by atoms with Crippen LogP contribution in [-0.2, 0) is 60.7 Å². The summed E-state index contributed by atoms with van der Waals surface area (Å²) in [4.78, 5) is 138. The summed E-state index contributed by atoms with van der Waals surface area (Å²) < 4.78 is 35.4. The number of hydrogen-bond donors (Lipinski definition) is 14. The molecule has 0 aliphatic carbocycles. The summed E-state index contributed by atoms with van der Waals surface area (Å²) in [6.45, 7) is 10.2. The first kappa shape index (κ1) is 82.6. The minimum Gasteiger partial charge on any atom is -0.508 e. The molecule has 14 N–H and O–H groups in total. The molecule has 8 amide bonds. The molecule has 0 fully saturated rings. The van der Waals surface area contributed by atoms with Gasteiger partial charge in [-0.25, -0.2) is 14.4 Å². The van der Waals surface area contributed by atoms with Gasteiger partial charge in [0.2, 0.25) is 41.2 Å². The first-order chi connectivity index (χ1) is 54.0. The molecule has 33 heteroatoms. The SMILES string of the molecule is CCCCCCCCCCN(Cc1c(O)cc2c(c1O)-c1cc(ccc1O)[C@@H]1NC(=O)[C@H]3NC(=O)[C@H]4NC(=O)[C@H](Cc5ccc(c(Cl)c5)Oc5cc3cc(c5O)Oc3ccc(cc3Cl)C(O)[C@H](NC1=O)C(=O)N[C@@H]2C(=O)OCC#N)NC(=O)[C@H](NC(=O)OC(C)(C)C)c1ccc(O)c(c1)Oc1cc(O)cc4c1)C(=O)OC(C)(C)C. The van der Waals surface area contributed by atoms with E-state index in [0.717, 1.165) is 99.2 Å². The molecular formula is C81H85Cl2N9O22. The second kappa shape index (κ2) is 34.7. The highest BCUT2D eigenvalue weighted by Gasteiger charge is 2.43. The Hall–Kier alpha value is -12.4. The van der Waals surface area contributed by atoms with E-state index in [1.54, 1.807) is 47.6 Å². The number of fused-ring (bicyclic) bond motifs is 14. The Balaban J connectivity index is 1.11. The second-order valence-corrected chi connectivity index (χ2v) is 30.6. The molecule has 6 heterocycles. The maximum Gasteiger partial charge on any atom is 0.410 e. The van der Waals surface area contributed by atoms with Crippen LogP contribution in [0.4, 0.5) is 9.59 Å². The maximum absolute atomic E-state index is 16.3. The quantitative estimate of drug-likeness (QED) is 0.0273. The fourth-order valence-corrected chi connectivity index (χ4v) is 13.8. The van der Waals surface area contributed by atoms with Gasteiger partial charge in [0.25, 0.3) is 0 Å². The molecule has 7 aromatic rings. The van der Waals surface area contributed by atoms with E-state index in [1.807, 2.05) is 0 Å². The molecule has 0 saturated heterocycles. The maximum atomic E-state index is 16.3. The highest BCUT2D eigenvalue weighted by atomic mass is 35.5. The van der Waals surface area contributed by atoms with Crippen LogP contribution in [0.15, 0.2) is 109 Å². The van der Waals surface area contributed by atoms with Crippen molar-refractivity contribution in [2.24, 2.45) is 0 Å². The van der Waals surface area contributed by atoms with Crippen LogP contribution in [0.5, 0.6) is 69.0 Å². The monoisotopic (exact) mass is 1610 g/mol. The van der Waals surface area contributed by atoms with E-state index >= 15 is 24.0 Å². The number of unbranched alkanes of at least 4 members (excludes halogenated alkanes) is 7. The molecule has 600 valence electrons. The van der Waals surface area contributed by atoms with Crippen molar-refractivity contribution >= 4 is 76.8 Å². The molecule has 0 saturated carbocycles. The van der Waals surface area contributed by atoms with Crippen molar-refractivity contribution in [2.45, 2.75) is 172 Å². The zero-order valence-corrected chi connectivity index (χ0v) is 64.4. The number of aliphatic hydroxyl groups is 1. The smallest absolute Gasteiger partial charge is 0.410 e. The van der Waals surface area contributed by atoms with E-state index < -0.39 is 207 Å². The normalized spacial score (nSPS) is 19.5. The van der Waals surface area contributed by atoms with Gasteiger partial charge in [-0.1, -0.05) is 99.3 Å². The molecule has 114 heavy (non-hydrogen) atoms. The fraction of sp³-hybridized carbons (Fsp3) is 0.358. The summed E-state index contributed by atoms with van der Waals surface area (Å²) in [5.41, 5.74) is -5.30. The van der Waals surface area contributed by atoms with Gasteiger partial charge in [-0.3, -0.25) is 28.8 Å². The molecule has 6 aliphatic heterocycles. The molecule has 13 rings (SSSR count). The first-order valence-corrected chi connectivity index (χ1v) is 37.4. The summed E-state index contributed by atoms with van der Waals surface area (Å²) in [6.07, 6.45) is 2.37. The van der Waals surface area contributed by atoms with Gasteiger partial charge in [0, 0.05) is 35.7 Å². The Bertz CT molecular complexity index is 5000. The van der Waals surface area contributed by atoms with Gasteiger partial charge in [0.1, 0.15) is 99.9 Å². The number of rotatable bonds is 14. The van der Waals surface area contributed by atoms with Gasteiger partial charge >= 0.3 is 18.2 Å². The number of carbonyl (C=O) groups excluding carboxylic acids is 9. The highest BCUT2D eigenvalue weighted by molar-refractivity contribution is 6.32. The van der Waals surface area contributed by atoms with Gasteiger partial charge in [-0.05, 0) is 160 Å². The standard InChI is InChI=1S/C81H85Cl2N9O22/c1-8-9-10-11-12-13-14-15-25-92(79(108)114-81(5,6)7)38-49-55(96)37-48-61(69(49)98)47-31-40(17-20-53(47)94)62-73(102)90-67(76(105)89-66(48)77(106)109-26-24-84)68(97)42-19-23-57(51(83)32-42)112-60-35-44-34-59(70(60)99)111-56-22-16-39(27-50(56)82)28-52-71(100)86-64(74(103)88-65(44)75(104)87-62)43-29-45(93)36-46(30-43)110-58-33-41(18-21-54(58)95)63(72(101)85-52)91-78(107)113-80(2,3)4/h16-23,27,29-37,52,62-68,93-99H,8-15,25-26,28,38H2,1-7H3,(H,85,101)(H,86,100)(H,87,104)(H,88,103)(H,89,105)(H,90,102)(H,91,107)/t52-,62-,63+,64-,65-,66-,67-,68?/m0/s1. The topological polar surface area (TPSA) is 462 Å². The molecular weight excluding hydrogens is 1520 g/mol. The number of alkyl carbamates (subject to hydrolysis) is 1. The number of hydrogen-bond acceptors (Lipinski definition) is 23. The largest absolute Gasteiger partial charge is 0.508 e. The molecule has 6 aliphatic rings. The number of aromatic hydroxyl groups is 6. The minimum absolute atomic E-state index is 0.0191. The lowest BCUT2D eigenvalue weighted by molar-refractivity contribution is -0.147. The van der Waals surface area contributed by atoms with Crippen molar-refractivity contribution in [3.8, 4) is 86.2 Å². The Labute approximate surface area is 663 Å². The van der Waals surface area contributed by atoms with E-state index in [9.17, 15) is 60.2 Å². The number of esters is 1. The van der Waals surface area contributed by atoms with Crippen molar-refractivity contribution in [2.75, 3.05) is 13.2 Å². The molecule has 7 aromatic carbocycles. The molecule has 1 unspecified atom stereocenters. The number of benzene rings is 7. The summed E-state index contributed by atoms with van der Waals surface area (Å²) in [5, 5.41) is 112. The number of ether oxygens (including phenoxy) is 6. The number of nitriles is 1. The van der Waals surface area contributed by atoms with E-state index in [1.165, 1.54) is 53.4 Å². The van der Waals surface area contributed by atoms with E-state index in [-0.39, 0.29) is 67.4 Å². The predicted molar refractivity (Wildman–Crippen MR) is 408 cm³/mol. The van der Waals surface area contributed by atoms with Gasteiger partial charge < -0.3 is 106 Å². The summed E-state index contributed by atoms with van der Waals surface area (Å²) in [6, 6.07) is 7.65. The van der Waals surface area contributed by atoms with Crippen LogP contribution in [0.25, 0.3) is 11.1 Å². The van der Waals surface area contributed by atoms with Crippen molar-refractivity contribution in [1.29, 1.82) is 5.26 Å². The third-order valence-electron chi connectivity index (χ3n) is 18.9. The van der Waals surface area contributed by atoms with Crippen molar-refractivity contribution in [1.82, 2.24) is 42.1 Å². The third kappa shape index (κ3) is 19.4. The molecule has 0 spiro atoms. The summed E-state index contributed by atoms with van der Waals surface area (Å²) in [7, 11) is 0. The van der Waals surface area contributed by atoms with Crippen LogP contribution in [0, 0.1) is 11.3 Å². The number of nitrogens with one attached hydrogen (secondary N) is 7. The third-order valence-corrected chi connectivity index (χ3v) is 19.5. The average Bonchev–Trinajstić information content (AvgIpc) is 0.753. The number of phenolic OH excluding ortho intramolecular Hbond substituents is 6. The highest BCUT2D eigenvalue weighted by Crippen LogP contribution is 2.50. The molecule has 8 atom stereocenters. The zero-order chi connectivity index (χ0) is 82.4. The van der Waals surface area contributed by atoms with Gasteiger partial charge in [-0.15, -0.1) is 0 Å².